The minimum atomic E-state index is -0.959. The van der Waals surface area contributed by atoms with Gasteiger partial charge in [0.15, 0.2) is 0 Å². The van der Waals surface area contributed by atoms with Gasteiger partial charge in [-0.05, 0) is 0 Å². The fourth-order valence-corrected chi connectivity index (χ4v) is 0.901. The second-order valence-electron chi connectivity index (χ2n) is 3.07. The Morgan fingerprint density at radius 2 is 2.38 bits per heavy atom. The molecule has 0 aliphatic heterocycles. The SMILES string of the molecule is CC(=O)Nc1cc(OC[C@H](O)CO)ncn1. The van der Waals surface area contributed by atoms with Crippen molar-refractivity contribution in [3.63, 3.8) is 0 Å². The molecule has 0 unspecified atom stereocenters. The van der Waals surface area contributed by atoms with Gasteiger partial charge < -0.3 is 20.3 Å². The van der Waals surface area contributed by atoms with Crippen LogP contribution in [0.2, 0.25) is 0 Å². The smallest absolute Gasteiger partial charge is 0.222 e. The molecule has 0 fully saturated rings. The maximum absolute atomic E-state index is 10.8. The van der Waals surface area contributed by atoms with Crippen molar-refractivity contribution < 1.29 is 19.7 Å². The Balaban J connectivity index is 2.56. The third-order valence-corrected chi connectivity index (χ3v) is 1.58. The van der Waals surface area contributed by atoms with Gasteiger partial charge in [0, 0.05) is 13.0 Å². The van der Waals surface area contributed by atoms with Crippen LogP contribution in [0.1, 0.15) is 6.92 Å². The summed E-state index contributed by atoms with van der Waals surface area (Å²) in [6.07, 6.45) is 0.269. The Kier molecular flexibility index (Phi) is 4.62. The van der Waals surface area contributed by atoms with Crippen molar-refractivity contribution in [2.75, 3.05) is 18.5 Å². The summed E-state index contributed by atoms with van der Waals surface area (Å²) in [6.45, 7) is 0.898. The quantitative estimate of drug-likeness (QED) is 0.606. The molecule has 88 valence electrons. The maximum Gasteiger partial charge on any atom is 0.222 e. The van der Waals surface area contributed by atoms with Crippen LogP contribution >= 0.6 is 0 Å². The second kappa shape index (κ2) is 5.99. The van der Waals surface area contributed by atoms with Gasteiger partial charge in [0.2, 0.25) is 11.8 Å². The van der Waals surface area contributed by atoms with Crippen LogP contribution in [0.3, 0.4) is 0 Å². The van der Waals surface area contributed by atoms with E-state index in [-0.39, 0.29) is 25.0 Å². The number of rotatable bonds is 5. The number of anilines is 1. The van der Waals surface area contributed by atoms with E-state index in [0.29, 0.717) is 5.82 Å². The zero-order valence-corrected chi connectivity index (χ0v) is 8.75. The van der Waals surface area contributed by atoms with Crippen molar-refractivity contribution in [2.45, 2.75) is 13.0 Å². The molecule has 0 saturated carbocycles. The fourth-order valence-electron chi connectivity index (χ4n) is 0.901. The molecule has 0 bridgehead atoms. The van der Waals surface area contributed by atoms with Crippen molar-refractivity contribution in [3.05, 3.63) is 12.4 Å². The topological polar surface area (TPSA) is 105 Å². The first-order chi connectivity index (χ1) is 7.61. The number of aliphatic hydroxyl groups excluding tert-OH is 2. The lowest BCUT2D eigenvalue weighted by Gasteiger charge is -2.09. The van der Waals surface area contributed by atoms with Crippen LogP contribution in [-0.4, -0.2) is 45.4 Å². The van der Waals surface area contributed by atoms with E-state index in [9.17, 15) is 4.79 Å². The average Bonchev–Trinajstić information content (AvgIpc) is 2.25. The highest BCUT2D eigenvalue weighted by Crippen LogP contribution is 2.10. The van der Waals surface area contributed by atoms with E-state index in [1.165, 1.54) is 19.3 Å². The second-order valence-corrected chi connectivity index (χ2v) is 3.07. The first-order valence-electron chi connectivity index (χ1n) is 4.63. The highest BCUT2D eigenvalue weighted by Gasteiger charge is 2.05. The molecule has 0 spiro atoms. The molecule has 1 rings (SSSR count). The number of hydrogen-bond acceptors (Lipinski definition) is 6. The van der Waals surface area contributed by atoms with Crippen molar-refractivity contribution in [1.29, 1.82) is 0 Å². The van der Waals surface area contributed by atoms with Crippen molar-refractivity contribution in [1.82, 2.24) is 9.97 Å². The van der Waals surface area contributed by atoms with E-state index < -0.39 is 6.10 Å². The van der Waals surface area contributed by atoms with Gasteiger partial charge in [0.1, 0.15) is 24.9 Å². The standard InChI is InChI=1S/C9H13N3O4/c1-6(14)12-8-2-9(11-5-10-8)16-4-7(15)3-13/h2,5,7,13,15H,3-4H2,1H3,(H,10,11,12,14)/t7-/m1/s1. The van der Waals surface area contributed by atoms with E-state index >= 15 is 0 Å². The van der Waals surface area contributed by atoms with E-state index in [0.717, 1.165) is 0 Å². The van der Waals surface area contributed by atoms with Gasteiger partial charge in [-0.25, -0.2) is 9.97 Å². The largest absolute Gasteiger partial charge is 0.475 e. The fraction of sp³-hybridized carbons (Fsp3) is 0.444. The molecule has 1 aromatic heterocycles. The van der Waals surface area contributed by atoms with E-state index in [1.54, 1.807) is 0 Å². The summed E-state index contributed by atoms with van der Waals surface area (Å²) in [5.74, 6) is 0.280. The molecule has 0 aliphatic rings. The van der Waals surface area contributed by atoms with Gasteiger partial charge in [-0.1, -0.05) is 0 Å². The Morgan fingerprint density at radius 1 is 1.62 bits per heavy atom. The van der Waals surface area contributed by atoms with E-state index in [1.807, 2.05) is 0 Å². The van der Waals surface area contributed by atoms with Gasteiger partial charge in [-0.3, -0.25) is 4.79 Å². The van der Waals surface area contributed by atoms with Crippen molar-refractivity contribution in [3.8, 4) is 5.88 Å². The highest BCUT2D eigenvalue weighted by atomic mass is 16.5. The molecule has 3 N–H and O–H groups in total. The first-order valence-corrected chi connectivity index (χ1v) is 4.63. The van der Waals surface area contributed by atoms with E-state index in [4.69, 9.17) is 14.9 Å². The molecule has 7 nitrogen and oxygen atoms in total. The van der Waals surface area contributed by atoms with Crippen LogP contribution in [0.15, 0.2) is 12.4 Å². The van der Waals surface area contributed by atoms with Crippen LogP contribution in [0.4, 0.5) is 5.82 Å². The van der Waals surface area contributed by atoms with Crippen LogP contribution in [0, 0.1) is 0 Å². The van der Waals surface area contributed by atoms with Gasteiger partial charge in [0.05, 0.1) is 6.61 Å². The molecular formula is C9H13N3O4. The minimum absolute atomic E-state index is 0.0764. The third kappa shape index (κ3) is 4.20. The van der Waals surface area contributed by atoms with Gasteiger partial charge in [-0.15, -0.1) is 0 Å². The van der Waals surface area contributed by atoms with Crippen LogP contribution < -0.4 is 10.1 Å². The lowest BCUT2D eigenvalue weighted by molar-refractivity contribution is -0.114. The molecular weight excluding hydrogens is 214 g/mol. The van der Waals surface area contributed by atoms with Crippen molar-refractivity contribution >= 4 is 11.7 Å². The molecule has 7 heteroatoms. The lowest BCUT2D eigenvalue weighted by Crippen LogP contribution is -2.21. The number of nitrogens with zero attached hydrogens (tertiary/aromatic N) is 2. The molecule has 16 heavy (non-hydrogen) atoms. The molecule has 0 aliphatic carbocycles. The third-order valence-electron chi connectivity index (χ3n) is 1.58. The maximum atomic E-state index is 10.8. The summed E-state index contributed by atoms with van der Waals surface area (Å²) >= 11 is 0. The molecule has 0 saturated heterocycles. The summed E-state index contributed by atoms with van der Waals surface area (Å²) in [7, 11) is 0. The van der Waals surface area contributed by atoms with Gasteiger partial charge in [-0.2, -0.15) is 0 Å². The van der Waals surface area contributed by atoms with Crippen LogP contribution in [-0.2, 0) is 4.79 Å². The normalized spacial score (nSPS) is 11.9. The number of nitrogens with one attached hydrogen (secondary N) is 1. The molecule has 1 aromatic rings. The lowest BCUT2D eigenvalue weighted by atomic mass is 10.4. The molecule has 1 heterocycles. The zero-order valence-electron chi connectivity index (χ0n) is 8.75. The Bertz CT molecular complexity index is 358. The Labute approximate surface area is 92.1 Å². The highest BCUT2D eigenvalue weighted by molar-refractivity contribution is 5.87. The predicted molar refractivity (Wildman–Crippen MR) is 54.9 cm³/mol. The zero-order chi connectivity index (χ0) is 12.0. The number of ether oxygens (including phenoxy) is 1. The predicted octanol–water partition coefficient (Wildman–Crippen LogP) is -0.833. The van der Waals surface area contributed by atoms with Gasteiger partial charge in [0.25, 0.3) is 0 Å². The molecule has 0 aromatic carbocycles. The average molecular weight is 227 g/mol. The number of carbonyl (C=O) groups excluding carboxylic acids is 1. The summed E-state index contributed by atoms with van der Waals surface area (Å²) in [6, 6.07) is 1.42. The van der Waals surface area contributed by atoms with Gasteiger partial charge >= 0.3 is 0 Å². The molecule has 1 atom stereocenters. The minimum Gasteiger partial charge on any atom is -0.475 e. The summed E-state index contributed by atoms with van der Waals surface area (Å²) in [5.41, 5.74) is 0. The first kappa shape index (κ1) is 12.3. The Morgan fingerprint density at radius 3 is 3.00 bits per heavy atom. The Hall–Kier alpha value is -1.73. The molecule has 1 amide bonds. The number of aliphatic hydroxyl groups is 2. The van der Waals surface area contributed by atoms with Crippen LogP contribution in [0.25, 0.3) is 0 Å². The van der Waals surface area contributed by atoms with Crippen LogP contribution in [0.5, 0.6) is 5.88 Å². The number of carbonyl (C=O) groups is 1. The summed E-state index contributed by atoms with van der Waals surface area (Å²) < 4.78 is 5.07. The molecule has 0 radical (unpaired) electrons. The number of hydrogen-bond donors (Lipinski definition) is 3. The van der Waals surface area contributed by atoms with E-state index in [2.05, 4.69) is 15.3 Å². The summed E-state index contributed by atoms with van der Waals surface area (Å²) in [5, 5.41) is 20.1. The number of aromatic nitrogens is 2. The number of amides is 1. The summed E-state index contributed by atoms with van der Waals surface area (Å²) in [4.78, 5) is 18.3. The monoisotopic (exact) mass is 227 g/mol. The van der Waals surface area contributed by atoms with Crippen molar-refractivity contribution in [2.24, 2.45) is 0 Å².